The van der Waals surface area contributed by atoms with Crippen LogP contribution in [-0.4, -0.2) is 25.3 Å². The first-order valence-corrected chi connectivity index (χ1v) is 7.40. The Kier molecular flexibility index (Phi) is 3.86. The first kappa shape index (κ1) is 12.3. The van der Waals surface area contributed by atoms with Crippen molar-refractivity contribution in [2.75, 3.05) is 14.1 Å². The van der Waals surface area contributed by atoms with Crippen LogP contribution in [0.5, 0.6) is 0 Å². The molecule has 0 aliphatic rings. The number of hydrogen-bond acceptors (Lipinski definition) is 2. The van der Waals surface area contributed by atoms with E-state index in [2.05, 4.69) is 61.0 Å². The van der Waals surface area contributed by atoms with E-state index in [0.29, 0.717) is 0 Å². The minimum absolute atomic E-state index is 1.06. The van der Waals surface area contributed by atoms with E-state index in [9.17, 15) is 0 Å². The molecule has 2 aromatic rings. The van der Waals surface area contributed by atoms with Crippen molar-refractivity contribution < 1.29 is 0 Å². The predicted octanol–water partition coefficient (Wildman–Crippen LogP) is 4.49. The van der Waals surface area contributed by atoms with Crippen molar-refractivity contribution in [2.24, 2.45) is 4.99 Å². The number of hydrogen-bond donors (Lipinski definition) is 0. The summed E-state index contributed by atoms with van der Waals surface area (Å²) in [5.41, 5.74) is 1.06. The molecule has 0 spiro atoms. The molecule has 0 saturated heterocycles. The van der Waals surface area contributed by atoms with E-state index in [-0.39, 0.29) is 0 Å². The molecule has 0 amide bonds. The maximum Gasteiger partial charge on any atom is 0.0959 e. The molecule has 0 fully saturated rings. The van der Waals surface area contributed by atoms with Gasteiger partial charge in [0.15, 0.2) is 0 Å². The summed E-state index contributed by atoms with van der Waals surface area (Å²) in [7, 11) is 3.95. The van der Waals surface area contributed by atoms with Crippen molar-refractivity contribution in [1.29, 1.82) is 0 Å². The Morgan fingerprint density at radius 2 is 2.25 bits per heavy atom. The van der Waals surface area contributed by atoms with E-state index in [1.807, 2.05) is 25.3 Å². The molecule has 0 N–H and O–H groups in total. The number of rotatable bonds is 2. The van der Waals surface area contributed by atoms with Crippen molar-refractivity contribution in [3.8, 4) is 0 Å². The van der Waals surface area contributed by atoms with Crippen molar-refractivity contribution in [3.63, 3.8) is 0 Å². The van der Waals surface area contributed by atoms with Crippen LogP contribution in [0.2, 0.25) is 0 Å². The molecule has 2 rings (SSSR count). The number of nitrogens with zero attached hydrogens (tertiary/aromatic N) is 2. The highest BCUT2D eigenvalue weighted by molar-refractivity contribution is 14.1. The number of aliphatic imine (C=N–C) groups is 1. The third kappa shape index (κ3) is 2.41. The molecule has 0 bridgehead atoms. The van der Waals surface area contributed by atoms with Gasteiger partial charge in [-0.05, 0) is 40.1 Å². The van der Waals surface area contributed by atoms with Gasteiger partial charge in [0.1, 0.15) is 0 Å². The van der Waals surface area contributed by atoms with Crippen LogP contribution >= 0.6 is 49.9 Å². The lowest BCUT2D eigenvalue weighted by atomic mass is 10.2. The van der Waals surface area contributed by atoms with E-state index in [4.69, 9.17) is 0 Å². The van der Waals surface area contributed by atoms with Crippen LogP contribution in [0.3, 0.4) is 0 Å². The molecule has 1 aromatic carbocycles. The number of fused-ring (bicyclic) bond motifs is 1. The van der Waals surface area contributed by atoms with Crippen LogP contribution in [-0.2, 0) is 0 Å². The zero-order chi connectivity index (χ0) is 11.7. The van der Waals surface area contributed by atoms with Gasteiger partial charge in [-0.1, -0.05) is 15.9 Å². The number of thiophene rings is 1. The van der Waals surface area contributed by atoms with Crippen molar-refractivity contribution in [2.45, 2.75) is 0 Å². The van der Waals surface area contributed by atoms with Gasteiger partial charge in [0.2, 0.25) is 0 Å². The molecule has 84 valence electrons. The average molecular weight is 409 g/mol. The molecule has 0 saturated carbocycles. The first-order valence-electron chi connectivity index (χ1n) is 4.65. The maximum atomic E-state index is 4.53. The van der Waals surface area contributed by atoms with Gasteiger partial charge < -0.3 is 4.90 Å². The van der Waals surface area contributed by atoms with Gasteiger partial charge in [0, 0.05) is 27.5 Å². The minimum atomic E-state index is 1.06. The van der Waals surface area contributed by atoms with Crippen LogP contribution in [0, 0.1) is 3.57 Å². The van der Waals surface area contributed by atoms with E-state index in [0.717, 1.165) is 13.7 Å². The van der Waals surface area contributed by atoms with Gasteiger partial charge in [-0.3, -0.25) is 0 Å². The fourth-order valence-electron chi connectivity index (χ4n) is 1.34. The standard InChI is InChI=1S/C11H10BrIN2S/c1-15(2)6-14-10-9(13)5-8(12)7-3-4-16-11(7)10/h3-6H,1-2H3. The zero-order valence-corrected chi connectivity index (χ0v) is 13.4. The fraction of sp³-hybridized carbons (Fsp3) is 0.182. The van der Waals surface area contributed by atoms with Crippen LogP contribution in [0.1, 0.15) is 0 Å². The van der Waals surface area contributed by atoms with Gasteiger partial charge >= 0.3 is 0 Å². The van der Waals surface area contributed by atoms with Gasteiger partial charge in [0.25, 0.3) is 0 Å². The highest BCUT2D eigenvalue weighted by atomic mass is 127. The Balaban J connectivity index is 2.63. The lowest BCUT2D eigenvalue weighted by Gasteiger charge is -2.06. The van der Waals surface area contributed by atoms with Gasteiger partial charge in [-0.25, -0.2) is 4.99 Å². The van der Waals surface area contributed by atoms with Gasteiger partial charge in [-0.15, -0.1) is 11.3 Å². The topological polar surface area (TPSA) is 15.6 Å². The molecular weight excluding hydrogens is 399 g/mol. The third-order valence-electron chi connectivity index (χ3n) is 2.04. The summed E-state index contributed by atoms with van der Waals surface area (Å²) in [5, 5.41) is 3.33. The molecule has 0 radical (unpaired) electrons. The molecular formula is C11H10BrIN2S. The molecule has 0 atom stereocenters. The van der Waals surface area contributed by atoms with Crippen molar-refractivity contribution in [3.05, 3.63) is 25.6 Å². The molecule has 1 aromatic heterocycles. The third-order valence-corrected chi connectivity index (χ3v) is 4.43. The van der Waals surface area contributed by atoms with Gasteiger partial charge in [-0.2, -0.15) is 0 Å². The monoisotopic (exact) mass is 408 g/mol. The molecule has 0 aliphatic heterocycles. The Hall–Kier alpha value is -0.140. The smallest absolute Gasteiger partial charge is 0.0959 e. The van der Waals surface area contributed by atoms with E-state index in [1.165, 1.54) is 10.1 Å². The minimum Gasteiger partial charge on any atom is -0.369 e. The molecule has 0 aliphatic carbocycles. The summed E-state index contributed by atoms with van der Waals surface area (Å²) in [6, 6.07) is 4.23. The van der Waals surface area contributed by atoms with Crippen molar-refractivity contribution >= 4 is 72.0 Å². The largest absolute Gasteiger partial charge is 0.369 e. The molecule has 2 nitrogen and oxygen atoms in total. The van der Waals surface area contributed by atoms with Crippen LogP contribution in [0.4, 0.5) is 5.69 Å². The molecule has 16 heavy (non-hydrogen) atoms. The van der Waals surface area contributed by atoms with Crippen molar-refractivity contribution in [1.82, 2.24) is 4.90 Å². The quantitative estimate of drug-likeness (QED) is 0.406. The summed E-state index contributed by atoms with van der Waals surface area (Å²) >= 11 is 7.63. The van der Waals surface area contributed by atoms with E-state index >= 15 is 0 Å². The van der Waals surface area contributed by atoms with E-state index < -0.39 is 0 Å². The van der Waals surface area contributed by atoms with E-state index in [1.54, 1.807) is 11.3 Å². The summed E-state index contributed by atoms with van der Waals surface area (Å²) in [4.78, 5) is 6.47. The summed E-state index contributed by atoms with van der Waals surface area (Å²) in [5.74, 6) is 0. The highest BCUT2D eigenvalue weighted by Crippen LogP contribution is 2.39. The maximum absolute atomic E-state index is 4.53. The second-order valence-electron chi connectivity index (χ2n) is 3.56. The SMILES string of the molecule is CN(C)C=Nc1c(I)cc(Br)c2ccsc12. The second-order valence-corrected chi connectivity index (χ2v) is 6.49. The Morgan fingerprint density at radius 1 is 1.50 bits per heavy atom. The normalized spacial score (nSPS) is 11.5. The van der Waals surface area contributed by atoms with Crippen LogP contribution in [0.25, 0.3) is 10.1 Å². The van der Waals surface area contributed by atoms with Crippen LogP contribution < -0.4 is 0 Å². The molecule has 0 unspecified atom stereocenters. The number of halogens is 2. The highest BCUT2D eigenvalue weighted by Gasteiger charge is 2.09. The van der Waals surface area contributed by atoms with Gasteiger partial charge in [0.05, 0.1) is 16.7 Å². The fourth-order valence-corrected chi connectivity index (χ4v) is 4.28. The Labute approximate surface area is 121 Å². The zero-order valence-electron chi connectivity index (χ0n) is 8.87. The Morgan fingerprint density at radius 3 is 2.94 bits per heavy atom. The molecule has 5 heteroatoms. The molecule has 1 heterocycles. The first-order chi connectivity index (χ1) is 7.59. The predicted molar refractivity (Wildman–Crippen MR) is 84.1 cm³/mol. The lowest BCUT2D eigenvalue weighted by Crippen LogP contribution is -2.07. The lowest BCUT2D eigenvalue weighted by molar-refractivity contribution is 0.643. The second kappa shape index (κ2) is 5.01. The summed E-state index contributed by atoms with van der Waals surface area (Å²) in [6.07, 6.45) is 1.84. The number of benzene rings is 1. The Bertz CT molecular complexity index is 548. The summed E-state index contributed by atoms with van der Waals surface area (Å²) in [6.45, 7) is 0. The summed E-state index contributed by atoms with van der Waals surface area (Å²) < 4.78 is 3.53. The van der Waals surface area contributed by atoms with Crippen LogP contribution in [0.15, 0.2) is 27.0 Å². The average Bonchev–Trinajstić information content (AvgIpc) is 2.65.